The lowest BCUT2D eigenvalue weighted by Crippen LogP contribution is -2.43. The lowest BCUT2D eigenvalue weighted by molar-refractivity contribution is 0.187. The highest BCUT2D eigenvalue weighted by Crippen LogP contribution is 2.28. The standard InChI is InChI=1S/C14H24N6O/c1-3-15-12-17-13(19-14(18-12)21-2)16-10-6-8-20-7-4-5-11(20)9-10/h10-11H,3-9H2,1-2H3,(H2,15,16,17,18,19). The normalized spacial score (nSPS) is 25.4. The van der Waals surface area contributed by atoms with Crippen molar-refractivity contribution in [3.05, 3.63) is 0 Å². The minimum Gasteiger partial charge on any atom is -0.467 e. The van der Waals surface area contributed by atoms with Crippen LogP contribution in [0.15, 0.2) is 0 Å². The maximum atomic E-state index is 5.15. The Kier molecular flexibility index (Phi) is 4.38. The third-order valence-electron chi connectivity index (χ3n) is 4.29. The zero-order chi connectivity index (χ0) is 14.7. The predicted octanol–water partition coefficient (Wildman–Crippen LogP) is 1.35. The molecule has 0 radical (unpaired) electrons. The van der Waals surface area contributed by atoms with Crippen molar-refractivity contribution in [3.8, 4) is 6.01 Å². The Morgan fingerprint density at radius 1 is 1.19 bits per heavy atom. The van der Waals surface area contributed by atoms with Gasteiger partial charge in [-0.3, -0.25) is 0 Å². The van der Waals surface area contributed by atoms with Gasteiger partial charge < -0.3 is 20.3 Å². The van der Waals surface area contributed by atoms with Gasteiger partial charge in [0, 0.05) is 25.2 Å². The third kappa shape index (κ3) is 3.34. The first-order valence-corrected chi connectivity index (χ1v) is 7.83. The molecule has 7 heteroatoms. The molecule has 21 heavy (non-hydrogen) atoms. The molecule has 2 unspecified atom stereocenters. The molecular formula is C14H24N6O. The summed E-state index contributed by atoms with van der Waals surface area (Å²) >= 11 is 0. The largest absolute Gasteiger partial charge is 0.467 e. The molecule has 0 saturated carbocycles. The molecular weight excluding hydrogens is 268 g/mol. The Bertz CT molecular complexity index is 483. The number of hydrogen-bond donors (Lipinski definition) is 2. The van der Waals surface area contributed by atoms with Crippen LogP contribution in [-0.4, -0.2) is 58.7 Å². The maximum Gasteiger partial charge on any atom is 0.322 e. The molecule has 1 aromatic rings. The fourth-order valence-corrected chi connectivity index (χ4v) is 3.29. The van der Waals surface area contributed by atoms with Gasteiger partial charge in [0.25, 0.3) is 0 Å². The summed E-state index contributed by atoms with van der Waals surface area (Å²) in [5, 5.41) is 6.56. The summed E-state index contributed by atoms with van der Waals surface area (Å²) in [6, 6.07) is 1.51. The minimum absolute atomic E-state index is 0.349. The van der Waals surface area contributed by atoms with Gasteiger partial charge in [0.05, 0.1) is 7.11 Å². The van der Waals surface area contributed by atoms with Crippen LogP contribution in [0, 0.1) is 0 Å². The van der Waals surface area contributed by atoms with Gasteiger partial charge in [-0.15, -0.1) is 0 Å². The number of rotatable bonds is 5. The van der Waals surface area contributed by atoms with Gasteiger partial charge in [-0.1, -0.05) is 0 Å². The fraction of sp³-hybridized carbons (Fsp3) is 0.786. The van der Waals surface area contributed by atoms with E-state index in [1.807, 2.05) is 6.92 Å². The Labute approximate surface area is 125 Å². The van der Waals surface area contributed by atoms with E-state index < -0.39 is 0 Å². The first-order valence-electron chi connectivity index (χ1n) is 7.83. The summed E-state index contributed by atoms with van der Waals surface area (Å²) in [7, 11) is 1.58. The van der Waals surface area contributed by atoms with Gasteiger partial charge in [0.2, 0.25) is 11.9 Å². The van der Waals surface area contributed by atoms with E-state index in [9.17, 15) is 0 Å². The number of nitrogens with one attached hydrogen (secondary N) is 2. The SMILES string of the molecule is CCNc1nc(NC2CCN3CCCC3C2)nc(OC)n1. The van der Waals surface area contributed by atoms with Crippen molar-refractivity contribution in [2.24, 2.45) is 0 Å². The molecule has 0 amide bonds. The van der Waals surface area contributed by atoms with Crippen molar-refractivity contribution in [2.75, 3.05) is 37.4 Å². The number of hydrogen-bond acceptors (Lipinski definition) is 7. The third-order valence-corrected chi connectivity index (χ3v) is 4.29. The molecule has 2 aliphatic rings. The average molecular weight is 292 g/mol. The first-order chi connectivity index (χ1) is 10.3. The monoisotopic (exact) mass is 292 g/mol. The molecule has 0 bridgehead atoms. The highest BCUT2D eigenvalue weighted by Gasteiger charge is 2.31. The topological polar surface area (TPSA) is 75.2 Å². The van der Waals surface area contributed by atoms with E-state index in [-0.39, 0.29) is 0 Å². The zero-order valence-electron chi connectivity index (χ0n) is 12.8. The lowest BCUT2D eigenvalue weighted by Gasteiger charge is -2.35. The van der Waals surface area contributed by atoms with Crippen LogP contribution in [0.2, 0.25) is 0 Å². The number of anilines is 2. The van der Waals surface area contributed by atoms with E-state index in [4.69, 9.17) is 4.74 Å². The Morgan fingerprint density at radius 3 is 2.86 bits per heavy atom. The van der Waals surface area contributed by atoms with Gasteiger partial charge in [0.15, 0.2) is 0 Å². The van der Waals surface area contributed by atoms with Gasteiger partial charge in [-0.2, -0.15) is 15.0 Å². The molecule has 116 valence electrons. The summed E-state index contributed by atoms with van der Waals surface area (Å²) in [4.78, 5) is 15.5. The van der Waals surface area contributed by atoms with Crippen LogP contribution in [-0.2, 0) is 0 Å². The predicted molar refractivity (Wildman–Crippen MR) is 81.8 cm³/mol. The summed E-state index contributed by atoms with van der Waals surface area (Å²) in [5.41, 5.74) is 0. The number of fused-ring (bicyclic) bond motifs is 1. The molecule has 0 spiro atoms. The molecule has 3 rings (SSSR count). The van der Waals surface area contributed by atoms with E-state index in [1.165, 1.54) is 32.4 Å². The van der Waals surface area contributed by atoms with E-state index in [0.717, 1.165) is 19.0 Å². The Hall–Kier alpha value is -1.63. The zero-order valence-corrected chi connectivity index (χ0v) is 12.8. The van der Waals surface area contributed by atoms with Gasteiger partial charge in [-0.05, 0) is 39.2 Å². The van der Waals surface area contributed by atoms with Crippen molar-refractivity contribution in [1.82, 2.24) is 19.9 Å². The summed E-state index contributed by atoms with van der Waals surface area (Å²) < 4.78 is 5.15. The van der Waals surface area contributed by atoms with Crippen molar-refractivity contribution in [2.45, 2.75) is 44.7 Å². The molecule has 3 heterocycles. The van der Waals surface area contributed by atoms with Crippen molar-refractivity contribution in [3.63, 3.8) is 0 Å². The van der Waals surface area contributed by atoms with Crippen molar-refractivity contribution < 1.29 is 4.74 Å². The fourth-order valence-electron chi connectivity index (χ4n) is 3.29. The highest BCUT2D eigenvalue weighted by atomic mass is 16.5. The molecule has 2 aliphatic heterocycles. The van der Waals surface area contributed by atoms with E-state index in [2.05, 4.69) is 30.5 Å². The number of piperidine rings is 1. The second kappa shape index (κ2) is 6.43. The smallest absolute Gasteiger partial charge is 0.322 e. The average Bonchev–Trinajstić information content (AvgIpc) is 2.95. The van der Waals surface area contributed by atoms with Gasteiger partial charge in [-0.25, -0.2) is 0 Å². The van der Waals surface area contributed by atoms with Crippen molar-refractivity contribution in [1.29, 1.82) is 0 Å². The number of aromatic nitrogens is 3. The van der Waals surface area contributed by atoms with Crippen LogP contribution in [0.3, 0.4) is 0 Å². The molecule has 0 aromatic carbocycles. The van der Waals surface area contributed by atoms with E-state index >= 15 is 0 Å². The Morgan fingerprint density at radius 2 is 2.05 bits per heavy atom. The molecule has 1 aromatic heterocycles. The quantitative estimate of drug-likeness (QED) is 0.848. The molecule has 7 nitrogen and oxygen atoms in total. The maximum absolute atomic E-state index is 5.15. The number of methoxy groups -OCH3 is 1. The number of nitrogens with zero attached hydrogens (tertiary/aromatic N) is 4. The van der Waals surface area contributed by atoms with Crippen LogP contribution in [0.25, 0.3) is 0 Å². The highest BCUT2D eigenvalue weighted by molar-refractivity contribution is 5.36. The Balaban J connectivity index is 1.67. The van der Waals surface area contributed by atoms with Crippen molar-refractivity contribution >= 4 is 11.9 Å². The molecule has 2 saturated heterocycles. The molecule has 2 N–H and O–H groups in total. The molecule has 2 fully saturated rings. The number of ether oxygens (including phenoxy) is 1. The van der Waals surface area contributed by atoms with Crippen LogP contribution < -0.4 is 15.4 Å². The second-order valence-electron chi connectivity index (χ2n) is 5.70. The van der Waals surface area contributed by atoms with Gasteiger partial charge >= 0.3 is 6.01 Å². The molecule has 2 atom stereocenters. The summed E-state index contributed by atoms with van der Waals surface area (Å²) in [6.45, 7) is 5.22. The first kappa shape index (κ1) is 14.3. The summed E-state index contributed by atoms with van der Waals surface area (Å²) in [5.74, 6) is 1.17. The van der Waals surface area contributed by atoms with Crippen LogP contribution >= 0.6 is 0 Å². The van der Waals surface area contributed by atoms with Gasteiger partial charge in [0.1, 0.15) is 0 Å². The van der Waals surface area contributed by atoms with E-state index in [1.54, 1.807) is 7.11 Å². The van der Waals surface area contributed by atoms with Crippen LogP contribution in [0.1, 0.15) is 32.6 Å². The lowest BCUT2D eigenvalue weighted by atomic mass is 9.98. The van der Waals surface area contributed by atoms with Crippen LogP contribution in [0.4, 0.5) is 11.9 Å². The van der Waals surface area contributed by atoms with Crippen LogP contribution in [0.5, 0.6) is 6.01 Å². The van der Waals surface area contributed by atoms with E-state index in [0.29, 0.717) is 23.9 Å². The molecule has 0 aliphatic carbocycles. The minimum atomic E-state index is 0.349. The second-order valence-corrected chi connectivity index (χ2v) is 5.70. The summed E-state index contributed by atoms with van der Waals surface area (Å²) in [6.07, 6.45) is 4.97.